The van der Waals surface area contributed by atoms with E-state index in [9.17, 15) is 4.79 Å². The Balaban J connectivity index is 1.99. The highest BCUT2D eigenvalue weighted by Gasteiger charge is 2.20. The van der Waals surface area contributed by atoms with E-state index in [2.05, 4.69) is 22.0 Å². The first-order chi connectivity index (χ1) is 14.1. The van der Waals surface area contributed by atoms with E-state index in [0.717, 1.165) is 24.8 Å². The minimum absolute atomic E-state index is 0.0672. The summed E-state index contributed by atoms with van der Waals surface area (Å²) in [6.45, 7) is 4.69. The standard InChI is InChI=1S/C22H25N5O2/c1-4-5-6-9-13-26-14-12-17-19(21(26)28)20(16-10-7-8-11-18(16)29-3)27-22(24-17)23-15(2)25-27/h7-8,10-12,14H,4-6,9,13H2,1-3H3. The average molecular weight is 391 g/mol. The van der Waals surface area contributed by atoms with Crippen LogP contribution in [-0.4, -0.2) is 31.3 Å². The summed E-state index contributed by atoms with van der Waals surface area (Å²) in [5, 5.41) is 5.04. The molecule has 0 saturated carbocycles. The fourth-order valence-corrected chi connectivity index (χ4v) is 3.69. The zero-order chi connectivity index (χ0) is 20.4. The lowest BCUT2D eigenvalue weighted by molar-refractivity contribution is 0.416. The van der Waals surface area contributed by atoms with Crippen molar-refractivity contribution in [2.45, 2.75) is 46.1 Å². The largest absolute Gasteiger partial charge is 0.496 e. The number of nitrogens with zero attached hydrogens (tertiary/aromatic N) is 5. The maximum Gasteiger partial charge on any atom is 0.262 e. The van der Waals surface area contributed by atoms with E-state index in [-0.39, 0.29) is 5.56 Å². The van der Waals surface area contributed by atoms with Crippen molar-refractivity contribution in [1.29, 1.82) is 0 Å². The van der Waals surface area contributed by atoms with Crippen LogP contribution < -0.4 is 10.3 Å². The minimum atomic E-state index is -0.0672. The van der Waals surface area contributed by atoms with Crippen LogP contribution in [0.1, 0.15) is 38.4 Å². The molecule has 0 bridgehead atoms. The molecule has 4 rings (SSSR count). The highest BCUT2D eigenvalue weighted by atomic mass is 16.5. The molecule has 1 aromatic carbocycles. The quantitative estimate of drug-likeness (QED) is 0.445. The number of ether oxygens (including phenoxy) is 1. The Labute approximate surface area is 169 Å². The zero-order valence-corrected chi connectivity index (χ0v) is 17.1. The number of aryl methyl sites for hydroxylation is 2. The summed E-state index contributed by atoms with van der Waals surface area (Å²) in [7, 11) is 1.62. The molecule has 0 fully saturated rings. The molecule has 0 N–H and O–H groups in total. The molecule has 4 aromatic rings. The van der Waals surface area contributed by atoms with Crippen LogP contribution in [0.15, 0.2) is 41.3 Å². The first kappa shape index (κ1) is 19.1. The fourth-order valence-electron chi connectivity index (χ4n) is 3.69. The number of methoxy groups -OCH3 is 1. The maximum absolute atomic E-state index is 13.5. The van der Waals surface area contributed by atoms with Crippen LogP contribution in [0, 0.1) is 6.92 Å². The van der Waals surface area contributed by atoms with Crippen LogP contribution in [0.2, 0.25) is 0 Å². The molecule has 29 heavy (non-hydrogen) atoms. The number of hydrogen-bond donors (Lipinski definition) is 0. The molecule has 0 aliphatic carbocycles. The van der Waals surface area contributed by atoms with Crippen molar-refractivity contribution in [2.75, 3.05) is 7.11 Å². The molecule has 7 nitrogen and oxygen atoms in total. The van der Waals surface area contributed by atoms with Gasteiger partial charge in [-0.2, -0.15) is 9.50 Å². The van der Waals surface area contributed by atoms with Crippen molar-refractivity contribution in [3.05, 3.63) is 52.7 Å². The summed E-state index contributed by atoms with van der Waals surface area (Å²) in [5.41, 5.74) is 2.00. The molecule has 3 aromatic heterocycles. The van der Waals surface area contributed by atoms with Gasteiger partial charge in [0.1, 0.15) is 11.6 Å². The van der Waals surface area contributed by atoms with Gasteiger partial charge in [-0.25, -0.2) is 4.98 Å². The molecule has 3 heterocycles. The maximum atomic E-state index is 13.5. The molecule has 0 amide bonds. The molecule has 7 heteroatoms. The van der Waals surface area contributed by atoms with Gasteiger partial charge in [-0.05, 0) is 31.5 Å². The summed E-state index contributed by atoms with van der Waals surface area (Å²) >= 11 is 0. The molecule has 0 atom stereocenters. The Morgan fingerprint density at radius 2 is 1.90 bits per heavy atom. The van der Waals surface area contributed by atoms with Gasteiger partial charge in [-0.1, -0.05) is 38.3 Å². The molecule has 0 aliphatic heterocycles. The molecule has 0 aliphatic rings. The van der Waals surface area contributed by atoms with Crippen LogP contribution in [0.5, 0.6) is 5.75 Å². The van der Waals surface area contributed by atoms with Crippen molar-refractivity contribution in [1.82, 2.24) is 24.1 Å². The van der Waals surface area contributed by atoms with Gasteiger partial charge < -0.3 is 9.30 Å². The van der Waals surface area contributed by atoms with E-state index < -0.39 is 0 Å². The molecule has 150 valence electrons. The van der Waals surface area contributed by atoms with E-state index >= 15 is 0 Å². The van der Waals surface area contributed by atoms with Crippen molar-refractivity contribution in [2.24, 2.45) is 0 Å². The predicted molar refractivity (Wildman–Crippen MR) is 113 cm³/mol. The summed E-state index contributed by atoms with van der Waals surface area (Å²) in [4.78, 5) is 22.5. The van der Waals surface area contributed by atoms with Crippen molar-refractivity contribution in [3.8, 4) is 17.0 Å². The topological polar surface area (TPSA) is 74.3 Å². The number of hydrogen-bond acceptors (Lipinski definition) is 5. The van der Waals surface area contributed by atoms with Gasteiger partial charge >= 0.3 is 0 Å². The molecule has 0 spiro atoms. The number of pyridine rings is 1. The summed E-state index contributed by atoms with van der Waals surface area (Å²) in [5.74, 6) is 1.74. The van der Waals surface area contributed by atoms with E-state index in [1.54, 1.807) is 16.2 Å². The second-order valence-electron chi connectivity index (χ2n) is 7.17. The van der Waals surface area contributed by atoms with Crippen molar-refractivity contribution < 1.29 is 4.74 Å². The van der Waals surface area contributed by atoms with E-state index in [1.165, 1.54) is 6.42 Å². The Kier molecular flexibility index (Phi) is 5.29. The summed E-state index contributed by atoms with van der Waals surface area (Å²) in [6.07, 6.45) is 6.25. The van der Waals surface area contributed by atoms with Crippen LogP contribution >= 0.6 is 0 Å². The second kappa shape index (κ2) is 8.03. The third kappa shape index (κ3) is 3.48. The number of unbranched alkanes of at least 4 members (excludes halogenated alkanes) is 3. The Morgan fingerprint density at radius 1 is 1.07 bits per heavy atom. The highest BCUT2D eigenvalue weighted by molar-refractivity contribution is 5.94. The molecule has 0 saturated heterocycles. The van der Waals surface area contributed by atoms with Crippen LogP contribution in [0.4, 0.5) is 0 Å². The Morgan fingerprint density at radius 3 is 2.69 bits per heavy atom. The second-order valence-corrected chi connectivity index (χ2v) is 7.17. The molecule has 0 radical (unpaired) electrons. The molecular formula is C22H25N5O2. The fraction of sp³-hybridized carbons (Fsp3) is 0.364. The van der Waals surface area contributed by atoms with Gasteiger partial charge in [0.25, 0.3) is 11.3 Å². The number of aromatic nitrogens is 5. The van der Waals surface area contributed by atoms with E-state index in [1.807, 2.05) is 43.5 Å². The van der Waals surface area contributed by atoms with E-state index in [4.69, 9.17) is 4.74 Å². The third-order valence-electron chi connectivity index (χ3n) is 5.12. The number of fused-ring (bicyclic) bond motifs is 2. The normalized spacial score (nSPS) is 11.4. The predicted octanol–water partition coefficient (Wildman–Crippen LogP) is 4.00. The minimum Gasteiger partial charge on any atom is -0.496 e. The first-order valence-electron chi connectivity index (χ1n) is 10.0. The molecule has 0 unspecified atom stereocenters. The lowest BCUT2D eigenvalue weighted by Crippen LogP contribution is -2.21. The number of benzene rings is 1. The van der Waals surface area contributed by atoms with E-state index in [0.29, 0.717) is 40.5 Å². The van der Waals surface area contributed by atoms with Gasteiger partial charge in [0.05, 0.1) is 23.7 Å². The van der Waals surface area contributed by atoms with Crippen molar-refractivity contribution >= 4 is 16.7 Å². The highest BCUT2D eigenvalue weighted by Crippen LogP contribution is 2.33. The van der Waals surface area contributed by atoms with Crippen molar-refractivity contribution in [3.63, 3.8) is 0 Å². The first-order valence-corrected chi connectivity index (χ1v) is 10.0. The lowest BCUT2D eigenvalue weighted by Gasteiger charge is -2.13. The lowest BCUT2D eigenvalue weighted by atomic mass is 10.1. The summed E-state index contributed by atoms with van der Waals surface area (Å²) < 4.78 is 9.00. The van der Waals surface area contributed by atoms with Crippen LogP contribution in [-0.2, 0) is 6.54 Å². The smallest absolute Gasteiger partial charge is 0.262 e. The SMILES string of the molecule is CCCCCCn1ccc2nc3nc(C)nn3c(-c3ccccc3OC)c2c1=O. The third-order valence-corrected chi connectivity index (χ3v) is 5.12. The number of para-hydroxylation sites is 1. The number of rotatable bonds is 7. The summed E-state index contributed by atoms with van der Waals surface area (Å²) in [6, 6.07) is 9.53. The Hall–Kier alpha value is -3.22. The van der Waals surface area contributed by atoms with Gasteiger partial charge in [0.15, 0.2) is 0 Å². The van der Waals surface area contributed by atoms with Crippen LogP contribution in [0.3, 0.4) is 0 Å². The van der Waals surface area contributed by atoms with Crippen LogP contribution in [0.25, 0.3) is 27.9 Å². The average Bonchev–Trinajstić information content (AvgIpc) is 3.10. The van der Waals surface area contributed by atoms with Gasteiger partial charge in [0.2, 0.25) is 0 Å². The molecular weight excluding hydrogens is 366 g/mol. The zero-order valence-electron chi connectivity index (χ0n) is 17.1. The van der Waals surface area contributed by atoms with Gasteiger partial charge in [-0.15, -0.1) is 5.10 Å². The van der Waals surface area contributed by atoms with Gasteiger partial charge in [-0.3, -0.25) is 4.79 Å². The monoisotopic (exact) mass is 391 g/mol. The Bertz CT molecular complexity index is 1230. The van der Waals surface area contributed by atoms with Gasteiger partial charge in [0, 0.05) is 18.3 Å².